The highest BCUT2D eigenvalue weighted by Crippen LogP contribution is 2.31. The third-order valence-electron chi connectivity index (χ3n) is 2.98. The fourth-order valence-corrected chi connectivity index (χ4v) is 1.99. The van der Waals surface area contributed by atoms with Gasteiger partial charge in [0, 0.05) is 6.07 Å². The molecule has 96 valence electrons. The van der Waals surface area contributed by atoms with Gasteiger partial charge in [0.05, 0.1) is 4.90 Å². The van der Waals surface area contributed by atoms with E-state index in [-0.39, 0.29) is 16.1 Å². The number of benzene rings is 1. The molecule has 1 aromatic rings. The van der Waals surface area contributed by atoms with Gasteiger partial charge in [0.1, 0.15) is 5.75 Å². The number of hydrogen-bond donors (Lipinski definition) is 2. The van der Waals surface area contributed by atoms with Crippen molar-refractivity contribution in [2.75, 3.05) is 0 Å². The standard InChI is InChI=1S/C12H18O4S/c1-4-12(2,3)8-9-5-6-10(7-11(9)13)17(14,15)16/h5-7,13H,4,8H2,1-3H3,(H,14,15,16). The third kappa shape index (κ3) is 3.71. The molecular formula is C12H18O4S. The first-order chi connectivity index (χ1) is 7.65. The molecule has 0 unspecified atom stereocenters. The van der Waals surface area contributed by atoms with Crippen LogP contribution in [0.3, 0.4) is 0 Å². The Labute approximate surface area is 102 Å². The monoisotopic (exact) mass is 258 g/mol. The van der Waals surface area contributed by atoms with Crippen LogP contribution in [0.15, 0.2) is 23.1 Å². The van der Waals surface area contributed by atoms with E-state index in [1.54, 1.807) is 0 Å². The van der Waals surface area contributed by atoms with Crippen molar-refractivity contribution in [3.05, 3.63) is 23.8 Å². The average molecular weight is 258 g/mol. The van der Waals surface area contributed by atoms with Crippen LogP contribution in [0.5, 0.6) is 5.75 Å². The first-order valence-corrected chi connectivity index (χ1v) is 6.89. The molecule has 0 amide bonds. The Morgan fingerprint density at radius 2 is 1.88 bits per heavy atom. The molecule has 17 heavy (non-hydrogen) atoms. The van der Waals surface area contributed by atoms with Crippen molar-refractivity contribution in [3.8, 4) is 5.75 Å². The van der Waals surface area contributed by atoms with Crippen LogP contribution in [0.25, 0.3) is 0 Å². The van der Waals surface area contributed by atoms with Crippen LogP contribution in [0.4, 0.5) is 0 Å². The van der Waals surface area contributed by atoms with E-state index in [1.807, 2.05) is 0 Å². The highest BCUT2D eigenvalue weighted by Gasteiger charge is 2.19. The smallest absolute Gasteiger partial charge is 0.294 e. The van der Waals surface area contributed by atoms with Crippen LogP contribution in [-0.4, -0.2) is 18.1 Å². The zero-order valence-electron chi connectivity index (χ0n) is 10.3. The van der Waals surface area contributed by atoms with Crippen molar-refractivity contribution in [1.82, 2.24) is 0 Å². The van der Waals surface area contributed by atoms with E-state index in [1.165, 1.54) is 12.1 Å². The summed E-state index contributed by atoms with van der Waals surface area (Å²) in [6.45, 7) is 6.20. The van der Waals surface area contributed by atoms with Crippen LogP contribution in [0.2, 0.25) is 0 Å². The molecule has 0 radical (unpaired) electrons. The number of aromatic hydroxyl groups is 1. The summed E-state index contributed by atoms with van der Waals surface area (Å²) in [5, 5.41) is 9.74. The van der Waals surface area contributed by atoms with E-state index >= 15 is 0 Å². The second kappa shape index (κ2) is 4.66. The van der Waals surface area contributed by atoms with Gasteiger partial charge in [0.2, 0.25) is 0 Å². The fraction of sp³-hybridized carbons (Fsp3) is 0.500. The Balaban J connectivity index is 3.07. The van der Waals surface area contributed by atoms with Crippen molar-refractivity contribution < 1.29 is 18.1 Å². The molecule has 0 saturated carbocycles. The molecule has 0 atom stereocenters. The van der Waals surface area contributed by atoms with Gasteiger partial charge in [-0.05, 0) is 23.5 Å². The molecule has 0 heterocycles. The normalized spacial score (nSPS) is 12.7. The summed E-state index contributed by atoms with van der Waals surface area (Å²) in [6, 6.07) is 3.92. The van der Waals surface area contributed by atoms with Crippen LogP contribution in [0.1, 0.15) is 32.8 Å². The van der Waals surface area contributed by atoms with E-state index in [2.05, 4.69) is 20.8 Å². The molecule has 0 bridgehead atoms. The van der Waals surface area contributed by atoms with Crippen molar-refractivity contribution >= 4 is 10.1 Å². The summed E-state index contributed by atoms with van der Waals surface area (Å²) >= 11 is 0. The van der Waals surface area contributed by atoms with Crippen LogP contribution >= 0.6 is 0 Å². The Bertz CT molecular complexity index is 503. The largest absolute Gasteiger partial charge is 0.508 e. The molecule has 0 saturated heterocycles. The first-order valence-electron chi connectivity index (χ1n) is 5.45. The SMILES string of the molecule is CCC(C)(C)Cc1ccc(S(=O)(=O)O)cc1O. The molecule has 0 aromatic heterocycles. The molecule has 0 aliphatic carbocycles. The van der Waals surface area contributed by atoms with E-state index in [0.29, 0.717) is 12.0 Å². The molecular weight excluding hydrogens is 240 g/mol. The van der Waals surface area contributed by atoms with Gasteiger partial charge in [-0.2, -0.15) is 8.42 Å². The molecule has 0 fully saturated rings. The van der Waals surface area contributed by atoms with E-state index < -0.39 is 10.1 Å². The molecule has 1 rings (SSSR count). The predicted octanol–water partition coefficient (Wildman–Crippen LogP) is 2.62. The lowest BCUT2D eigenvalue weighted by molar-refractivity contribution is 0.341. The van der Waals surface area contributed by atoms with Gasteiger partial charge >= 0.3 is 0 Å². The van der Waals surface area contributed by atoms with E-state index in [0.717, 1.165) is 12.5 Å². The van der Waals surface area contributed by atoms with Crippen molar-refractivity contribution in [2.45, 2.75) is 38.5 Å². The van der Waals surface area contributed by atoms with Crippen molar-refractivity contribution in [1.29, 1.82) is 0 Å². The Morgan fingerprint density at radius 1 is 1.29 bits per heavy atom. The van der Waals surface area contributed by atoms with Crippen molar-refractivity contribution in [3.63, 3.8) is 0 Å². The van der Waals surface area contributed by atoms with Gasteiger partial charge in [-0.3, -0.25) is 4.55 Å². The predicted molar refractivity (Wildman–Crippen MR) is 65.7 cm³/mol. The van der Waals surface area contributed by atoms with Gasteiger partial charge in [-0.25, -0.2) is 0 Å². The van der Waals surface area contributed by atoms with E-state index in [9.17, 15) is 13.5 Å². The maximum atomic E-state index is 10.9. The number of rotatable bonds is 4. The summed E-state index contributed by atoms with van der Waals surface area (Å²) in [6.07, 6.45) is 1.60. The molecule has 2 N–H and O–H groups in total. The minimum absolute atomic E-state index is 0.0388. The Morgan fingerprint density at radius 3 is 2.29 bits per heavy atom. The minimum Gasteiger partial charge on any atom is -0.508 e. The van der Waals surface area contributed by atoms with Crippen LogP contribution in [-0.2, 0) is 16.5 Å². The summed E-state index contributed by atoms with van der Waals surface area (Å²) in [5.74, 6) is -0.0957. The van der Waals surface area contributed by atoms with Gasteiger partial charge in [-0.15, -0.1) is 0 Å². The van der Waals surface area contributed by atoms with Crippen LogP contribution < -0.4 is 0 Å². The molecule has 1 aromatic carbocycles. The van der Waals surface area contributed by atoms with Crippen LogP contribution in [0, 0.1) is 5.41 Å². The second-order valence-corrected chi connectivity index (χ2v) is 6.38. The summed E-state index contributed by atoms with van der Waals surface area (Å²) in [4.78, 5) is -0.284. The molecule has 4 nitrogen and oxygen atoms in total. The molecule has 0 aliphatic heterocycles. The van der Waals surface area contributed by atoms with Crippen molar-refractivity contribution in [2.24, 2.45) is 5.41 Å². The Kier molecular flexibility index (Phi) is 3.84. The first kappa shape index (κ1) is 14.0. The van der Waals surface area contributed by atoms with Gasteiger partial charge in [-0.1, -0.05) is 33.3 Å². The zero-order valence-corrected chi connectivity index (χ0v) is 11.1. The lowest BCUT2D eigenvalue weighted by Crippen LogP contribution is -2.13. The maximum absolute atomic E-state index is 10.9. The summed E-state index contributed by atoms with van der Waals surface area (Å²) < 4.78 is 30.6. The van der Waals surface area contributed by atoms with Gasteiger partial charge in [0.25, 0.3) is 10.1 Å². The number of phenolic OH excluding ortho intramolecular Hbond substituents is 1. The third-order valence-corrected chi connectivity index (χ3v) is 3.83. The summed E-state index contributed by atoms with van der Waals surface area (Å²) in [5.41, 5.74) is 0.723. The Hall–Kier alpha value is -1.07. The second-order valence-electron chi connectivity index (χ2n) is 4.96. The molecule has 0 aliphatic rings. The molecule has 0 spiro atoms. The van der Waals surface area contributed by atoms with Gasteiger partial charge in [0.15, 0.2) is 0 Å². The minimum atomic E-state index is -4.25. The lowest BCUT2D eigenvalue weighted by atomic mass is 9.83. The topological polar surface area (TPSA) is 74.6 Å². The lowest BCUT2D eigenvalue weighted by Gasteiger charge is -2.23. The maximum Gasteiger partial charge on any atom is 0.294 e. The highest BCUT2D eigenvalue weighted by atomic mass is 32.2. The highest BCUT2D eigenvalue weighted by molar-refractivity contribution is 7.85. The number of phenols is 1. The molecule has 5 heteroatoms. The van der Waals surface area contributed by atoms with E-state index in [4.69, 9.17) is 4.55 Å². The van der Waals surface area contributed by atoms with Gasteiger partial charge < -0.3 is 5.11 Å². The fourth-order valence-electron chi connectivity index (χ4n) is 1.49. The number of hydrogen-bond acceptors (Lipinski definition) is 3. The summed E-state index contributed by atoms with van der Waals surface area (Å²) in [7, 11) is -4.25. The zero-order chi connectivity index (χ0) is 13.3. The average Bonchev–Trinajstić information content (AvgIpc) is 2.19. The quantitative estimate of drug-likeness (QED) is 0.814.